The first-order chi connectivity index (χ1) is 11.8. The molecule has 25 heavy (non-hydrogen) atoms. The van der Waals surface area contributed by atoms with Gasteiger partial charge in [0, 0.05) is 13.6 Å². The van der Waals surface area contributed by atoms with Crippen molar-refractivity contribution in [2.24, 2.45) is 13.0 Å². The Bertz CT molecular complexity index is 718. The highest BCUT2D eigenvalue weighted by Gasteiger charge is 2.19. The van der Waals surface area contributed by atoms with Crippen LogP contribution in [0.2, 0.25) is 0 Å². The van der Waals surface area contributed by atoms with Crippen LogP contribution in [0.25, 0.3) is 0 Å². The third kappa shape index (κ3) is 4.92. The van der Waals surface area contributed by atoms with Gasteiger partial charge >= 0.3 is 0 Å². The van der Waals surface area contributed by atoms with Crippen LogP contribution in [0.4, 0.5) is 0 Å². The number of nitrogens with one attached hydrogen (secondary N) is 1. The molecule has 2 rings (SSSR count). The number of likely N-dealkylation sites (N-methyl/N-ethyl adjacent to an activating group) is 1. The highest BCUT2D eigenvalue weighted by atomic mass is 16.2. The average molecular weight is 342 g/mol. The Hall–Kier alpha value is -2.14. The largest absolute Gasteiger partial charge is 0.349 e. The standard InChI is InChI=1S/C20H30N4O/c1-14(2)11-16-12-18(24(6)22-16)20(25)21-13-19(23(4)5)17-10-8-7-9-15(17)3/h7-10,12,14,19H,11,13H2,1-6H3,(H,21,25). The van der Waals surface area contributed by atoms with Gasteiger partial charge in [0.2, 0.25) is 0 Å². The van der Waals surface area contributed by atoms with E-state index in [1.165, 1.54) is 11.1 Å². The van der Waals surface area contributed by atoms with Crippen molar-refractivity contribution in [3.05, 3.63) is 52.8 Å². The molecule has 0 aliphatic heterocycles. The van der Waals surface area contributed by atoms with E-state index in [2.05, 4.69) is 48.2 Å². The number of hydrogen-bond donors (Lipinski definition) is 1. The van der Waals surface area contributed by atoms with Crippen LogP contribution in [-0.2, 0) is 13.5 Å². The molecule has 1 heterocycles. The molecule has 0 saturated carbocycles. The van der Waals surface area contributed by atoms with E-state index in [0.717, 1.165) is 12.1 Å². The van der Waals surface area contributed by atoms with Crippen LogP contribution < -0.4 is 5.32 Å². The molecule has 1 aromatic heterocycles. The van der Waals surface area contributed by atoms with Gasteiger partial charge in [-0.25, -0.2) is 0 Å². The molecule has 0 spiro atoms. The minimum atomic E-state index is -0.0783. The van der Waals surface area contributed by atoms with E-state index in [4.69, 9.17) is 0 Å². The van der Waals surface area contributed by atoms with Gasteiger partial charge in [0.25, 0.3) is 5.91 Å². The SMILES string of the molecule is Cc1ccccc1C(CNC(=O)c1cc(CC(C)C)nn1C)N(C)C. The molecule has 1 amide bonds. The Morgan fingerprint density at radius 2 is 1.96 bits per heavy atom. The molecule has 0 fully saturated rings. The van der Waals surface area contributed by atoms with Crippen LogP contribution in [0.3, 0.4) is 0 Å². The summed E-state index contributed by atoms with van der Waals surface area (Å²) in [6.07, 6.45) is 0.880. The molecule has 5 nitrogen and oxygen atoms in total. The Balaban J connectivity index is 2.09. The summed E-state index contributed by atoms with van der Waals surface area (Å²) < 4.78 is 1.67. The number of hydrogen-bond acceptors (Lipinski definition) is 3. The monoisotopic (exact) mass is 342 g/mol. The Morgan fingerprint density at radius 1 is 1.28 bits per heavy atom. The highest BCUT2D eigenvalue weighted by Crippen LogP contribution is 2.21. The van der Waals surface area contributed by atoms with Gasteiger partial charge in [-0.05, 0) is 50.6 Å². The molecule has 1 aromatic carbocycles. The quantitative estimate of drug-likeness (QED) is 0.842. The third-order valence-electron chi connectivity index (χ3n) is 4.41. The van der Waals surface area contributed by atoms with Crippen LogP contribution >= 0.6 is 0 Å². The molecule has 0 aliphatic carbocycles. The molecular formula is C20H30N4O. The molecule has 0 saturated heterocycles. The summed E-state index contributed by atoms with van der Waals surface area (Å²) >= 11 is 0. The van der Waals surface area contributed by atoms with Crippen molar-refractivity contribution in [1.82, 2.24) is 20.0 Å². The van der Waals surface area contributed by atoms with Crippen LogP contribution in [0.1, 0.15) is 47.2 Å². The topological polar surface area (TPSA) is 50.2 Å². The number of nitrogens with zero attached hydrogens (tertiary/aromatic N) is 3. The van der Waals surface area contributed by atoms with Gasteiger partial charge in [0.05, 0.1) is 11.7 Å². The molecule has 1 unspecified atom stereocenters. The van der Waals surface area contributed by atoms with Crippen LogP contribution in [0, 0.1) is 12.8 Å². The van der Waals surface area contributed by atoms with Crippen molar-refractivity contribution in [2.75, 3.05) is 20.6 Å². The number of rotatable bonds is 7. The summed E-state index contributed by atoms with van der Waals surface area (Å²) in [6.45, 7) is 6.96. The van der Waals surface area contributed by atoms with Crippen molar-refractivity contribution in [1.29, 1.82) is 0 Å². The Morgan fingerprint density at radius 3 is 2.56 bits per heavy atom. The zero-order valence-corrected chi connectivity index (χ0v) is 16.2. The lowest BCUT2D eigenvalue weighted by Crippen LogP contribution is -2.35. The lowest BCUT2D eigenvalue weighted by molar-refractivity contribution is 0.0932. The number of carbonyl (C=O) groups is 1. The zero-order valence-electron chi connectivity index (χ0n) is 16.2. The number of benzene rings is 1. The molecule has 0 aliphatic rings. The van der Waals surface area contributed by atoms with Gasteiger partial charge in [-0.1, -0.05) is 38.1 Å². The zero-order chi connectivity index (χ0) is 18.6. The fourth-order valence-corrected chi connectivity index (χ4v) is 3.07. The summed E-state index contributed by atoms with van der Waals surface area (Å²) in [4.78, 5) is 14.8. The van der Waals surface area contributed by atoms with Gasteiger partial charge in [0.1, 0.15) is 5.69 Å². The van der Waals surface area contributed by atoms with E-state index < -0.39 is 0 Å². The second-order valence-corrected chi connectivity index (χ2v) is 7.29. The third-order valence-corrected chi connectivity index (χ3v) is 4.41. The predicted octanol–water partition coefficient (Wildman–Crippen LogP) is 2.96. The van der Waals surface area contributed by atoms with Gasteiger partial charge in [-0.15, -0.1) is 0 Å². The van der Waals surface area contributed by atoms with E-state index in [1.807, 2.05) is 39.3 Å². The minimum absolute atomic E-state index is 0.0783. The van der Waals surface area contributed by atoms with Gasteiger partial charge in [-0.2, -0.15) is 5.10 Å². The Labute approximate surface area is 151 Å². The maximum absolute atomic E-state index is 12.6. The van der Waals surface area contributed by atoms with E-state index in [1.54, 1.807) is 4.68 Å². The summed E-state index contributed by atoms with van der Waals surface area (Å²) in [6, 6.07) is 10.3. The first-order valence-corrected chi connectivity index (χ1v) is 8.82. The van der Waals surface area contributed by atoms with E-state index in [0.29, 0.717) is 18.2 Å². The number of amides is 1. The molecule has 1 atom stereocenters. The number of aromatic nitrogens is 2. The van der Waals surface area contributed by atoms with Gasteiger partial charge < -0.3 is 10.2 Å². The van der Waals surface area contributed by atoms with Crippen LogP contribution in [-0.4, -0.2) is 41.2 Å². The van der Waals surface area contributed by atoms with Gasteiger partial charge in [0.15, 0.2) is 0 Å². The lowest BCUT2D eigenvalue weighted by atomic mass is 10.0. The molecular weight excluding hydrogens is 312 g/mol. The smallest absolute Gasteiger partial charge is 0.269 e. The number of carbonyl (C=O) groups excluding carboxylic acids is 1. The first kappa shape index (κ1) is 19.2. The van der Waals surface area contributed by atoms with Gasteiger partial charge in [-0.3, -0.25) is 9.48 Å². The van der Waals surface area contributed by atoms with Crippen molar-refractivity contribution >= 4 is 5.91 Å². The van der Waals surface area contributed by atoms with E-state index in [9.17, 15) is 4.79 Å². The highest BCUT2D eigenvalue weighted by molar-refractivity contribution is 5.92. The fraction of sp³-hybridized carbons (Fsp3) is 0.500. The number of aryl methyl sites for hydroxylation is 2. The second kappa shape index (κ2) is 8.30. The van der Waals surface area contributed by atoms with Crippen molar-refractivity contribution in [3.8, 4) is 0 Å². The molecule has 5 heteroatoms. The van der Waals surface area contributed by atoms with Crippen LogP contribution in [0.5, 0.6) is 0 Å². The van der Waals surface area contributed by atoms with Crippen molar-refractivity contribution in [2.45, 2.75) is 33.2 Å². The van der Waals surface area contributed by atoms with E-state index >= 15 is 0 Å². The normalized spacial score (nSPS) is 12.6. The van der Waals surface area contributed by atoms with Crippen molar-refractivity contribution < 1.29 is 4.79 Å². The van der Waals surface area contributed by atoms with Crippen LogP contribution in [0.15, 0.2) is 30.3 Å². The van der Waals surface area contributed by atoms with E-state index in [-0.39, 0.29) is 11.9 Å². The van der Waals surface area contributed by atoms with Crippen molar-refractivity contribution in [3.63, 3.8) is 0 Å². The minimum Gasteiger partial charge on any atom is -0.349 e. The maximum Gasteiger partial charge on any atom is 0.269 e. The molecule has 1 N–H and O–H groups in total. The predicted molar refractivity (Wildman–Crippen MR) is 102 cm³/mol. The maximum atomic E-state index is 12.6. The summed E-state index contributed by atoms with van der Waals surface area (Å²) in [7, 11) is 5.89. The lowest BCUT2D eigenvalue weighted by Gasteiger charge is -2.26. The first-order valence-electron chi connectivity index (χ1n) is 8.82. The summed E-state index contributed by atoms with van der Waals surface area (Å²) in [5, 5.41) is 7.52. The summed E-state index contributed by atoms with van der Waals surface area (Å²) in [5.41, 5.74) is 4.04. The fourth-order valence-electron chi connectivity index (χ4n) is 3.07. The molecule has 0 bridgehead atoms. The Kier molecular flexibility index (Phi) is 6.37. The molecule has 2 aromatic rings. The molecule has 0 radical (unpaired) electrons. The summed E-state index contributed by atoms with van der Waals surface area (Å²) in [5.74, 6) is 0.440. The second-order valence-electron chi connectivity index (χ2n) is 7.29. The molecule has 136 valence electrons. The average Bonchev–Trinajstić information content (AvgIpc) is 2.88.